The van der Waals surface area contributed by atoms with Crippen LogP contribution in [0.3, 0.4) is 0 Å². The number of anilines is 1. The zero-order chi connectivity index (χ0) is 22.3. The van der Waals surface area contributed by atoms with Crippen molar-refractivity contribution in [2.75, 3.05) is 10.8 Å². The van der Waals surface area contributed by atoms with Crippen molar-refractivity contribution in [2.45, 2.75) is 62.3 Å². The first-order valence-electron chi connectivity index (χ1n) is 11.8. The molecule has 4 fully saturated rings. The maximum atomic E-state index is 13.5. The van der Waals surface area contributed by atoms with E-state index in [1.165, 1.54) is 23.6 Å². The standard InChI is InChI=1S/C26H32N2O3S/c1-2-19-8-10-23(11-9-19)28(32(30,31)24-6-4-3-5-7-24)18-25(29)27-26-15-20-12-21(16-26)14-22(13-20)17-26/h3-11,20-22H,2,12-18H2,1H3,(H,27,29). The summed E-state index contributed by atoms with van der Waals surface area (Å²) in [4.78, 5) is 13.5. The van der Waals surface area contributed by atoms with E-state index in [-0.39, 0.29) is 22.9 Å². The van der Waals surface area contributed by atoms with Gasteiger partial charge in [0.1, 0.15) is 6.54 Å². The second-order valence-corrected chi connectivity index (χ2v) is 12.0. The number of sulfonamides is 1. The zero-order valence-corrected chi connectivity index (χ0v) is 19.5. The molecule has 6 rings (SSSR count). The zero-order valence-electron chi connectivity index (χ0n) is 18.7. The summed E-state index contributed by atoms with van der Waals surface area (Å²) in [6.07, 6.45) is 7.90. The van der Waals surface area contributed by atoms with Gasteiger partial charge in [0.25, 0.3) is 10.0 Å². The molecule has 4 bridgehead atoms. The van der Waals surface area contributed by atoms with Gasteiger partial charge in [-0.25, -0.2) is 8.42 Å². The van der Waals surface area contributed by atoms with E-state index >= 15 is 0 Å². The van der Waals surface area contributed by atoms with Gasteiger partial charge < -0.3 is 5.32 Å². The lowest BCUT2D eigenvalue weighted by molar-refractivity contribution is -0.125. The Kier molecular flexibility index (Phi) is 5.52. The maximum Gasteiger partial charge on any atom is 0.264 e. The number of carbonyl (C=O) groups excluding carboxylic acids is 1. The fourth-order valence-electron chi connectivity index (χ4n) is 6.66. The minimum absolute atomic E-state index is 0.139. The molecular weight excluding hydrogens is 420 g/mol. The second kappa shape index (κ2) is 8.22. The van der Waals surface area contributed by atoms with Crippen LogP contribution in [0.2, 0.25) is 0 Å². The molecule has 32 heavy (non-hydrogen) atoms. The number of hydrogen-bond acceptors (Lipinski definition) is 3. The quantitative estimate of drug-likeness (QED) is 0.671. The van der Waals surface area contributed by atoms with Crippen LogP contribution in [0.15, 0.2) is 59.5 Å². The van der Waals surface area contributed by atoms with Crippen molar-refractivity contribution in [2.24, 2.45) is 17.8 Å². The summed E-state index contributed by atoms with van der Waals surface area (Å²) >= 11 is 0. The van der Waals surface area contributed by atoms with Gasteiger partial charge in [-0.15, -0.1) is 0 Å². The molecule has 0 unspecified atom stereocenters. The highest BCUT2D eigenvalue weighted by molar-refractivity contribution is 7.92. The third kappa shape index (κ3) is 4.05. The number of nitrogens with one attached hydrogen (secondary N) is 1. The van der Waals surface area contributed by atoms with Gasteiger partial charge >= 0.3 is 0 Å². The van der Waals surface area contributed by atoms with Gasteiger partial charge in [0.15, 0.2) is 0 Å². The Morgan fingerprint density at radius 2 is 1.50 bits per heavy atom. The van der Waals surface area contributed by atoms with Gasteiger partial charge in [-0.1, -0.05) is 37.3 Å². The van der Waals surface area contributed by atoms with Crippen molar-refractivity contribution < 1.29 is 13.2 Å². The van der Waals surface area contributed by atoms with Crippen molar-refractivity contribution >= 4 is 21.6 Å². The molecule has 5 nitrogen and oxygen atoms in total. The summed E-state index contributed by atoms with van der Waals surface area (Å²) in [5.74, 6) is 1.94. The van der Waals surface area contributed by atoms with E-state index in [0.29, 0.717) is 23.4 Å². The van der Waals surface area contributed by atoms with Crippen LogP contribution in [0.4, 0.5) is 5.69 Å². The van der Waals surface area contributed by atoms with Crippen molar-refractivity contribution in [3.8, 4) is 0 Å². The first-order valence-corrected chi connectivity index (χ1v) is 13.3. The lowest BCUT2D eigenvalue weighted by Crippen LogP contribution is -2.61. The predicted molar refractivity (Wildman–Crippen MR) is 126 cm³/mol. The van der Waals surface area contributed by atoms with Gasteiger partial charge in [0, 0.05) is 5.54 Å². The van der Waals surface area contributed by atoms with Gasteiger partial charge in [0.2, 0.25) is 5.91 Å². The van der Waals surface area contributed by atoms with E-state index in [9.17, 15) is 13.2 Å². The SMILES string of the molecule is CCc1ccc(N(CC(=O)NC23CC4CC(CC(C4)C2)C3)S(=O)(=O)c2ccccc2)cc1. The lowest BCUT2D eigenvalue weighted by Gasteiger charge is -2.57. The molecule has 0 saturated heterocycles. The van der Waals surface area contributed by atoms with Gasteiger partial charge in [0.05, 0.1) is 10.6 Å². The molecule has 4 aliphatic rings. The molecule has 2 aromatic rings. The minimum atomic E-state index is -3.86. The van der Waals surface area contributed by atoms with Crippen LogP contribution in [0, 0.1) is 17.8 Å². The van der Waals surface area contributed by atoms with E-state index in [0.717, 1.165) is 31.2 Å². The van der Waals surface area contributed by atoms with E-state index in [1.807, 2.05) is 12.1 Å². The Hall–Kier alpha value is -2.34. The predicted octanol–water partition coefficient (Wildman–Crippen LogP) is 4.53. The molecule has 0 radical (unpaired) electrons. The number of benzene rings is 2. The average Bonchev–Trinajstić information content (AvgIpc) is 2.77. The van der Waals surface area contributed by atoms with Crippen LogP contribution < -0.4 is 9.62 Å². The van der Waals surface area contributed by atoms with Crippen molar-refractivity contribution in [3.63, 3.8) is 0 Å². The molecule has 2 aromatic carbocycles. The summed E-state index contributed by atoms with van der Waals surface area (Å²) < 4.78 is 28.3. The summed E-state index contributed by atoms with van der Waals surface area (Å²) in [5.41, 5.74) is 1.51. The van der Waals surface area contributed by atoms with Crippen molar-refractivity contribution in [1.82, 2.24) is 5.32 Å². The summed E-state index contributed by atoms with van der Waals surface area (Å²) in [6, 6.07) is 15.8. The van der Waals surface area contributed by atoms with E-state index < -0.39 is 10.0 Å². The number of amides is 1. The fourth-order valence-corrected chi connectivity index (χ4v) is 8.10. The molecule has 4 aliphatic carbocycles. The first-order chi connectivity index (χ1) is 15.4. The highest BCUT2D eigenvalue weighted by atomic mass is 32.2. The summed E-state index contributed by atoms with van der Waals surface area (Å²) in [5, 5.41) is 3.33. The van der Waals surface area contributed by atoms with Crippen molar-refractivity contribution in [3.05, 3.63) is 60.2 Å². The minimum Gasteiger partial charge on any atom is -0.349 e. The Morgan fingerprint density at radius 1 is 0.938 bits per heavy atom. The molecule has 0 aliphatic heterocycles. The van der Waals surface area contributed by atoms with Crippen LogP contribution in [0.1, 0.15) is 51.0 Å². The third-order valence-corrected chi connectivity index (χ3v) is 9.48. The van der Waals surface area contributed by atoms with E-state index in [4.69, 9.17) is 0 Å². The van der Waals surface area contributed by atoms with Gasteiger partial charge in [-0.05, 0) is 92.5 Å². The van der Waals surface area contributed by atoms with Gasteiger partial charge in [-0.3, -0.25) is 9.10 Å². The van der Waals surface area contributed by atoms with Crippen LogP contribution in [0.5, 0.6) is 0 Å². The number of carbonyl (C=O) groups is 1. The molecule has 4 saturated carbocycles. The summed E-state index contributed by atoms with van der Waals surface area (Å²) in [7, 11) is -3.86. The normalized spacial score (nSPS) is 28.5. The Bertz CT molecular complexity index is 1040. The average molecular weight is 453 g/mol. The maximum absolute atomic E-state index is 13.5. The molecule has 0 aromatic heterocycles. The molecule has 1 N–H and O–H groups in total. The number of nitrogens with zero attached hydrogens (tertiary/aromatic N) is 1. The molecule has 0 atom stereocenters. The Labute approximate surface area is 191 Å². The van der Waals surface area contributed by atoms with E-state index in [2.05, 4.69) is 12.2 Å². The van der Waals surface area contributed by atoms with Gasteiger partial charge in [-0.2, -0.15) is 0 Å². The largest absolute Gasteiger partial charge is 0.349 e. The topological polar surface area (TPSA) is 66.5 Å². The highest BCUT2D eigenvalue weighted by Gasteiger charge is 2.51. The Balaban J connectivity index is 1.41. The molecule has 0 spiro atoms. The highest BCUT2D eigenvalue weighted by Crippen LogP contribution is 2.55. The fraction of sp³-hybridized carbons (Fsp3) is 0.500. The van der Waals surface area contributed by atoms with Crippen molar-refractivity contribution in [1.29, 1.82) is 0 Å². The lowest BCUT2D eigenvalue weighted by atomic mass is 9.53. The number of rotatable bonds is 7. The summed E-state index contributed by atoms with van der Waals surface area (Å²) in [6.45, 7) is 1.86. The van der Waals surface area contributed by atoms with Crippen LogP contribution in [-0.4, -0.2) is 26.4 Å². The molecular formula is C26H32N2O3S. The monoisotopic (exact) mass is 452 g/mol. The number of aryl methyl sites for hydroxylation is 1. The second-order valence-electron chi connectivity index (χ2n) is 10.1. The smallest absolute Gasteiger partial charge is 0.264 e. The molecule has 0 heterocycles. The van der Waals surface area contributed by atoms with Crippen LogP contribution >= 0.6 is 0 Å². The molecule has 170 valence electrons. The number of hydrogen-bond donors (Lipinski definition) is 1. The van der Waals surface area contributed by atoms with Crippen LogP contribution in [0.25, 0.3) is 0 Å². The first kappa shape index (κ1) is 21.5. The van der Waals surface area contributed by atoms with Crippen LogP contribution in [-0.2, 0) is 21.2 Å². The Morgan fingerprint density at radius 3 is 2.03 bits per heavy atom. The van der Waals surface area contributed by atoms with E-state index in [1.54, 1.807) is 42.5 Å². The molecule has 1 amide bonds. The molecule has 6 heteroatoms. The third-order valence-electron chi connectivity index (χ3n) is 7.69.